The van der Waals surface area contributed by atoms with Crippen LogP contribution in [0.25, 0.3) is 0 Å². The maximum Gasteiger partial charge on any atom is 0.296 e. The number of nitro benzene ring substituents is 1. The summed E-state index contributed by atoms with van der Waals surface area (Å²) in [5.41, 5.74) is 3.61. The first kappa shape index (κ1) is 15.5. The molecule has 111 valence electrons. The molecule has 2 rings (SSSR count). The molecular formula is C17H16N3O2. The smallest absolute Gasteiger partial charge is 0.296 e. The predicted octanol–water partition coefficient (Wildman–Crippen LogP) is 4.20. The van der Waals surface area contributed by atoms with Crippen molar-refractivity contribution in [1.82, 2.24) is 0 Å². The first-order valence-corrected chi connectivity index (χ1v) is 6.81. The van der Waals surface area contributed by atoms with Gasteiger partial charge >= 0.3 is 0 Å². The van der Waals surface area contributed by atoms with Gasteiger partial charge in [-0.05, 0) is 56.5 Å². The van der Waals surface area contributed by atoms with E-state index in [1.807, 2.05) is 30.3 Å². The molecule has 0 atom stereocenters. The van der Waals surface area contributed by atoms with E-state index in [0.717, 1.165) is 11.3 Å². The summed E-state index contributed by atoms with van der Waals surface area (Å²) in [4.78, 5) is 10.9. The minimum atomic E-state index is -0.456. The maximum absolute atomic E-state index is 11.4. The summed E-state index contributed by atoms with van der Waals surface area (Å²) >= 11 is 0. The maximum atomic E-state index is 11.4. The predicted molar refractivity (Wildman–Crippen MR) is 86.1 cm³/mol. The Kier molecular flexibility index (Phi) is 4.42. The van der Waals surface area contributed by atoms with Gasteiger partial charge in [-0.25, -0.2) is 0 Å². The molecule has 5 nitrogen and oxygen atoms in total. The van der Waals surface area contributed by atoms with Crippen LogP contribution in [-0.2, 0) is 6.42 Å². The molecule has 0 bridgehead atoms. The fourth-order valence-corrected chi connectivity index (χ4v) is 2.39. The molecule has 1 N–H and O–H groups in total. The van der Waals surface area contributed by atoms with Crippen LogP contribution in [0.15, 0.2) is 30.3 Å². The number of hydrogen-bond acceptors (Lipinski definition) is 4. The molecule has 0 aromatic heterocycles. The zero-order valence-electron chi connectivity index (χ0n) is 12.5. The van der Waals surface area contributed by atoms with Crippen LogP contribution in [0, 0.1) is 42.2 Å². The zero-order valence-corrected chi connectivity index (χ0v) is 12.5. The highest BCUT2D eigenvalue weighted by atomic mass is 16.6. The Morgan fingerprint density at radius 1 is 1.32 bits per heavy atom. The Morgan fingerprint density at radius 3 is 2.45 bits per heavy atom. The van der Waals surface area contributed by atoms with Crippen molar-refractivity contribution >= 4 is 17.1 Å². The quantitative estimate of drug-likeness (QED) is 0.677. The summed E-state index contributed by atoms with van der Waals surface area (Å²) < 4.78 is 0. The number of rotatable bonds is 4. The molecular weight excluding hydrogens is 278 g/mol. The Balaban J connectivity index is 2.50. The van der Waals surface area contributed by atoms with Gasteiger partial charge in [0.25, 0.3) is 5.69 Å². The lowest BCUT2D eigenvalue weighted by Crippen LogP contribution is -2.03. The van der Waals surface area contributed by atoms with Crippen LogP contribution in [0.1, 0.15) is 22.3 Å². The highest BCUT2D eigenvalue weighted by Gasteiger charge is 2.22. The molecule has 2 aromatic rings. The van der Waals surface area contributed by atoms with E-state index in [4.69, 9.17) is 5.26 Å². The van der Waals surface area contributed by atoms with Crippen molar-refractivity contribution in [3.63, 3.8) is 0 Å². The van der Waals surface area contributed by atoms with Gasteiger partial charge in [-0.2, -0.15) is 5.26 Å². The summed E-state index contributed by atoms with van der Waals surface area (Å²) in [6, 6.07) is 11.2. The first-order chi connectivity index (χ1) is 10.5. The molecule has 0 saturated carbocycles. The number of benzene rings is 2. The minimum absolute atomic E-state index is 0.0663. The van der Waals surface area contributed by atoms with E-state index in [9.17, 15) is 10.1 Å². The monoisotopic (exact) mass is 294 g/mol. The molecule has 1 radical (unpaired) electrons. The third kappa shape index (κ3) is 2.91. The molecule has 22 heavy (non-hydrogen) atoms. The van der Waals surface area contributed by atoms with Crippen molar-refractivity contribution in [2.45, 2.75) is 20.3 Å². The largest absolute Gasteiger partial charge is 0.350 e. The summed E-state index contributed by atoms with van der Waals surface area (Å²) in [7, 11) is 0. The van der Waals surface area contributed by atoms with Gasteiger partial charge in [0.15, 0.2) is 0 Å². The van der Waals surface area contributed by atoms with Crippen LogP contribution >= 0.6 is 0 Å². The number of nitrogens with one attached hydrogen (secondary N) is 1. The second kappa shape index (κ2) is 6.27. The van der Waals surface area contributed by atoms with Crippen molar-refractivity contribution in [2.24, 2.45) is 0 Å². The highest BCUT2D eigenvalue weighted by molar-refractivity contribution is 5.75. The van der Waals surface area contributed by atoms with Crippen LogP contribution in [0.2, 0.25) is 0 Å². The fourth-order valence-electron chi connectivity index (χ4n) is 2.39. The minimum Gasteiger partial charge on any atom is -0.350 e. The molecule has 0 aliphatic carbocycles. The third-order valence-corrected chi connectivity index (χ3v) is 3.56. The Labute approximate surface area is 129 Å². The van der Waals surface area contributed by atoms with Gasteiger partial charge in [-0.15, -0.1) is 0 Å². The fraction of sp³-hybridized carbons (Fsp3) is 0.176. The van der Waals surface area contributed by atoms with Crippen LogP contribution < -0.4 is 5.32 Å². The van der Waals surface area contributed by atoms with Crippen molar-refractivity contribution in [3.05, 3.63) is 69.6 Å². The standard InChI is InChI=1S/C17H16N3O2/c1-4-13-5-7-14(8-6-13)19-16-9-11(2)15(10-18)12(3)17(16)20(21)22/h5-9,19H,1,4H2,2-3H3. The Bertz CT molecular complexity index is 759. The van der Waals surface area contributed by atoms with E-state index in [-0.39, 0.29) is 5.69 Å². The molecule has 0 heterocycles. The van der Waals surface area contributed by atoms with Gasteiger partial charge in [0.2, 0.25) is 0 Å². The van der Waals surface area contributed by atoms with Crippen molar-refractivity contribution in [3.8, 4) is 6.07 Å². The molecule has 0 spiro atoms. The molecule has 2 aromatic carbocycles. The second-order valence-corrected chi connectivity index (χ2v) is 5.03. The van der Waals surface area contributed by atoms with Crippen molar-refractivity contribution in [2.75, 3.05) is 5.32 Å². The van der Waals surface area contributed by atoms with E-state index < -0.39 is 4.92 Å². The normalized spacial score (nSPS) is 10.1. The summed E-state index contributed by atoms with van der Waals surface area (Å²) in [6.45, 7) is 7.18. The van der Waals surface area contributed by atoms with Crippen molar-refractivity contribution < 1.29 is 4.92 Å². The molecule has 0 saturated heterocycles. The molecule has 0 fully saturated rings. The highest BCUT2D eigenvalue weighted by Crippen LogP contribution is 2.34. The average molecular weight is 294 g/mol. The molecule has 0 aliphatic rings. The van der Waals surface area contributed by atoms with Gasteiger partial charge in [0, 0.05) is 11.3 Å². The Hall–Kier alpha value is -2.87. The van der Waals surface area contributed by atoms with Gasteiger partial charge in [-0.3, -0.25) is 10.1 Å². The lowest BCUT2D eigenvalue weighted by Gasteiger charge is -2.12. The molecule has 0 amide bonds. The van der Waals surface area contributed by atoms with Gasteiger partial charge in [0.05, 0.1) is 16.6 Å². The van der Waals surface area contributed by atoms with Crippen molar-refractivity contribution in [1.29, 1.82) is 5.26 Å². The van der Waals surface area contributed by atoms with E-state index in [1.165, 1.54) is 0 Å². The zero-order chi connectivity index (χ0) is 16.3. The second-order valence-electron chi connectivity index (χ2n) is 5.03. The first-order valence-electron chi connectivity index (χ1n) is 6.81. The number of aryl methyl sites for hydroxylation is 1. The Morgan fingerprint density at radius 2 is 1.95 bits per heavy atom. The number of nitrogens with zero attached hydrogens (tertiary/aromatic N) is 2. The number of anilines is 2. The van der Waals surface area contributed by atoms with Gasteiger partial charge in [-0.1, -0.05) is 12.1 Å². The molecule has 0 unspecified atom stereocenters. The van der Waals surface area contributed by atoms with Crippen LogP contribution in [0.3, 0.4) is 0 Å². The topological polar surface area (TPSA) is 79.0 Å². The number of nitro groups is 1. The number of hydrogen-bond donors (Lipinski definition) is 1. The van der Waals surface area contributed by atoms with E-state index in [1.54, 1.807) is 19.9 Å². The van der Waals surface area contributed by atoms with E-state index >= 15 is 0 Å². The van der Waals surface area contributed by atoms with Gasteiger partial charge < -0.3 is 5.32 Å². The van der Waals surface area contributed by atoms with E-state index in [0.29, 0.717) is 28.8 Å². The van der Waals surface area contributed by atoms with Crippen LogP contribution in [0.5, 0.6) is 0 Å². The summed E-state index contributed by atoms with van der Waals surface area (Å²) in [5.74, 6) is 0. The lowest BCUT2D eigenvalue weighted by atomic mass is 10.0. The van der Waals surface area contributed by atoms with Crippen LogP contribution in [0.4, 0.5) is 17.1 Å². The SMILES string of the molecule is [CH2]Cc1ccc(Nc2cc(C)c(C#N)c(C)c2[N+](=O)[O-])cc1. The molecule has 0 aliphatic heterocycles. The molecule has 5 heteroatoms. The summed E-state index contributed by atoms with van der Waals surface area (Å²) in [6.07, 6.45) is 0.690. The van der Waals surface area contributed by atoms with Crippen LogP contribution in [-0.4, -0.2) is 4.92 Å². The third-order valence-electron chi connectivity index (χ3n) is 3.56. The van der Waals surface area contributed by atoms with Gasteiger partial charge in [0.1, 0.15) is 5.69 Å². The lowest BCUT2D eigenvalue weighted by molar-refractivity contribution is -0.384. The average Bonchev–Trinajstić information content (AvgIpc) is 2.47. The number of nitriles is 1. The van der Waals surface area contributed by atoms with E-state index in [2.05, 4.69) is 12.2 Å². The summed E-state index contributed by atoms with van der Waals surface area (Å²) in [5, 5.41) is 23.6.